The number of benzene rings is 1. The first-order valence-electron chi connectivity index (χ1n) is 6.71. The predicted octanol–water partition coefficient (Wildman–Crippen LogP) is 2.17. The molecule has 1 saturated heterocycles. The van der Waals surface area contributed by atoms with E-state index in [4.69, 9.17) is 9.26 Å². The van der Waals surface area contributed by atoms with Gasteiger partial charge in [0.2, 0.25) is 0 Å². The lowest BCUT2D eigenvalue weighted by Crippen LogP contribution is -2.14. The Labute approximate surface area is 111 Å². The molecule has 5 nitrogen and oxygen atoms in total. The average Bonchev–Trinajstić information content (AvgIpc) is 3.17. The van der Waals surface area contributed by atoms with Gasteiger partial charge in [0, 0.05) is 6.42 Å². The first-order valence-corrected chi connectivity index (χ1v) is 6.71. The second-order valence-corrected chi connectivity index (χ2v) is 5.06. The third-order valence-corrected chi connectivity index (χ3v) is 3.75. The van der Waals surface area contributed by atoms with E-state index in [0.29, 0.717) is 5.89 Å². The molecule has 3 heterocycles. The van der Waals surface area contributed by atoms with Gasteiger partial charge in [-0.3, -0.25) is 0 Å². The summed E-state index contributed by atoms with van der Waals surface area (Å²) in [6.07, 6.45) is 2.90. The van der Waals surface area contributed by atoms with Gasteiger partial charge < -0.3 is 14.6 Å². The van der Waals surface area contributed by atoms with Gasteiger partial charge in [-0.05, 0) is 31.0 Å². The van der Waals surface area contributed by atoms with Crippen LogP contribution in [0, 0.1) is 0 Å². The van der Waals surface area contributed by atoms with Crippen molar-refractivity contribution in [2.24, 2.45) is 0 Å². The molecule has 0 spiro atoms. The summed E-state index contributed by atoms with van der Waals surface area (Å²) in [7, 11) is 0. The Kier molecular flexibility index (Phi) is 2.51. The molecule has 4 rings (SSSR count). The normalized spacial score (nSPS) is 25.3. The van der Waals surface area contributed by atoms with Crippen LogP contribution in [0.5, 0.6) is 5.75 Å². The Bertz CT molecular complexity index is 565. The van der Waals surface area contributed by atoms with Crippen molar-refractivity contribution in [1.29, 1.82) is 0 Å². The zero-order valence-corrected chi connectivity index (χ0v) is 10.5. The number of nitrogens with zero attached hydrogens (tertiary/aromatic N) is 2. The minimum atomic E-state index is -0.139. The summed E-state index contributed by atoms with van der Waals surface area (Å²) in [6, 6.07) is 8.28. The third kappa shape index (κ3) is 1.90. The van der Waals surface area contributed by atoms with Gasteiger partial charge in [-0.2, -0.15) is 4.98 Å². The van der Waals surface area contributed by atoms with Gasteiger partial charge in [-0.15, -0.1) is 0 Å². The van der Waals surface area contributed by atoms with E-state index in [1.54, 1.807) is 0 Å². The largest absolute Gasteiger partial charge is 0.480 e. The fourth-order valence-corrected chi connectivity index (χ4v) is 2.74. The van der Waals surface area contributed by atoms with Gasteiger partial charge in [0.15, 0.2) is 11.9 Å². The Morgan fingerprint density at radius 2 is 2.21 bits per heavy atom. The van der Waals surface area contributed by atoms with Crippen molar-refractivity contribution in [3.8, 4) is 5.75 Å². The maximum Gasteiger partial charge on any atom is 0.268 e. The number of fused-ring (bicyclic) bond motifs is 1. The van der Waals surface area contributed by atoms with Crippen molar-refractivity contribution in [2.75, 3.05) is 6.54 Å². The molecule has 0 amide bonds. The molecule has 2 atom stereocenters. The second-order valence-electron chi connectivity index (χ2n) is 5.06. The van der Waals surface area contributed by atoms with Gasteiger partial charge >= 0.3 is 0 Å². The molecule has 0 radical (unpaired) electrons. The zero-order chi connectivity index (χ0) is 12.7. The molecule has 2 aromatic rings. The van der Waals surface area contributed by atoms with E-state index in [1.165, 1.54) is 12.0 Å². The van der Waals surface area contributed by atoms with Crippen LogP contribution in [0.4, 0.5) is 0 Å². The SMILES string of the molecule is c1ccc2c(c1)CC(c1nc([C@@H]3CCCN3)no1)O2. The molecule has 1 aromatic heterocycles. The fourth-order valence-electron chi connectivity index (χ4n) is 2.74. The van der Waals surface area contributed by atoms with E-state index in [0.717, 1.165) is 31.0 Å². The molecule has 0 saturated carbocycles. The molecular formula is C14H15N3O2. The van der Waals surface area contributed by atoms with Crippen molar-refractivity contribution >= 4 is 0 Å². The van der Waals surface area contributed by atoms with Crippen LogP contribution in [-0.4, -0.2) is 16.7 Å². The number of ether oxygens (including phenoxy) is 1. The number of hydrogen-bond acceptors (Lipinski definition) is 5. The van der Waals surface area contributed by atoms with Crippen LogP contribution >= 0.6 is 0 Å². The number of para-hydroxylation sites is 1. The van der Waals surface area contributed by atoms with Crippen molar-refractivity contribution in [1.82, 2.24) is 15.5 Å². The summed E-state index contributed by atoms with van der Waals surface area (Å²) in [5.74, 6) is 2.26. The lowest BCUT2D eigenvalue weighted by Gasteiger charge is -2.04. The van der Waals surface area contributed by atoms with Crippen LogP contribution in [0.3, 0.4) is 0 Å². The molecule has 19 heavy (non-hydrogen) atoms. The fraction of sp³-hybridized carbons (Fsp3) is 0.429. The topological polar surface area (TPSA) is 60.2 Å². The monoisotopic (exact) mass is 257 g/mol. The smallest absolute Gasteiger partial charge is 0.268 e. The van der Waals surface area contributed by atoms with E-state index < -0.39 is 0 Å². The average molecular weight is 257 g/mol. The molecule has 2 aliphatic heterocycles. The highest BCUT2D eigenvalue weighted by atomic mass is 16.5. The quantitative estimate of drug-likeness (QED) is 0.893. The lowest BCUT2D eigenvalue weighted by molar-refractivity contribution is 0.183. The van der Waals surface area contributed by atoms with Gasteiger partial charge in [-0.1, -0.05) is 23.4 Å². The predicted molar refractivity (Wildman–Crippen MR) is 67.8 cm³/mol. The number of hydrogen-bond donors (Lipinski definition) is 1. The van der Waals surface area contributed by atoms with E-state index in [9.17, 15) is 0 Å². The van der Waals surface area contributed by atoms with Gasteiger partial charge in [0.05, 0.1) is 6.04 Å². The molecular weight excluding hydrogens is 242 g/mol. The van der Waals surface area contributed by atoms with Crippen LogP contribution in [0.2, 0.25) is 0 Å². The van der Waals surface area contributed by atoms with Crippen molar-refractivity contribution in [3.05, 3.63) is 41.5 Å². The number of aromatic nitrogens is 2. The summed E-state index contributed by atoms with van der Waals surface area (Å²) < 4.78 is 11.2. The van der Waals surface area contributed by atoms with Crippen LogP contribution in [0.15, 0.2) is 28.8 Å². The van der Waals surface area contributed by atoms with Crippen LogP contribution in [-0.2, 0) is 6.42 Å². The third-order valence-electron chi connectivity index (χ3n) is 3.75. The molecule has 0 bridgehead atoms. The molecule has 1 N–H and O–H groups in total. The Balaban J connectivity index is 1.55. The minimum absolute atomic E-state index is 0.139. The molecule has 98 valence electrons. The Morgan fingerprint density at radius 1 is 1.26 bits per heavy atom. The Morgan fingerprint density at radius 3 is 3.05 bits per heavy atom. The maximum atomic E-state index is 5.85. The molecule has 1 fully saturated rings. The van der Waals surface area contributed by atoms with Gasteiger partial charge in [0.25, 0.3) is 5.89 Å². The molecule has 2 aliphatic rings. The molecule has 0 aliphatic carbocycles. The maximum absolute atomic E-state index is 5.85. The van der Waals surface area contributed by atoms with E-state index in [-0.39, 0.29) is 12.1 Å². The van der Waals surface area contributed by atoms with E-state index in [1.807, 2.05) is 18.2 Å². The highest BCUT2D eigenvalue weighted by Crippen LogP contribution is 2.36. The summed E-state index contributed by atoms with van der Waals surface area (Å²) in [5.41, 5.74) is 1.20. The van der Waals surface area contributed by atoms with Crippen LogP contribution in [0.1, 0.15) is 42.3 Å². The molecule has 1 unspecified atom stereocenters. The highest BCUT2D eigenvalue weighted by molar-refractivity contribution is 5.37. The van der Waals surface area contributed by atoms with Gasteiger partial charge in [0.1, 0.15) is 5.75 Å². The second kappa shape index (κ2) is 4.35. The summed E-state index contributed by atoms with van der Waals surface area (Å²) in [4.78, 5) is 4.49. The molecule has 1 aromatic carbocycles. The van der Waals surface area contributed by atoms with Crippen LogP contribution < -0.4 is 10.1 Å². The van der Waals surface area contributed by atoms with Gasteiger partial charge in [-0.25, -0.2) is 0 Å². The summed E-state index contributed by atoms with van der Waals surface area (Å²) in [5, 5.41) is 7.45. The van der Waals surface area contributed by atoms with Crippen molar-refractivity contribution in [2.45, 2.75) is 31.4 Å². The Hall–Kier alpha value is -1.88. The van der Waals surface area contributed by atoms with Crippen molar-refractivity contribution in [3.63, 3.8) is 0 Å². The number of rotatable bonds is 2. The molecule has 5 heteroatoms. The van der Waals surface area contributed by atoms with E-state index in [2.05, 4.69) is 21.5 Å². The zero-order valence-electron chi connectivity index (χ0n) is 10.5. The summed E-state index contributed by atoms with van der Waals surface area (Å²) >= 11 is 0. The lowest BCUT2D eigenvalue weighted by atomic mass is 10.1. The number of nitrogens with one attached hydrogen (secondary N) is 1. The first kappa shape index (κ1) is 11.0. The van der Waals surface area contributed by atoms with Crippen molar-refractivity contribution < 1.29 is 9.26 Å². The van der Waals surface area contributed by atoms with E-state index >= 15 is 0 Å². The first-order chi connectivity index (χ1) is 9.40. The minimum Gasteiger partial charge on any atom is -0.480 e. The standard InChI is InChI=1S/C14H15N3O2/c1-2-6-11-9(4-1)8-12(18-11)14-16-13(17-19-14)10-5-3-7-15-10/h1-2,4,6,10,12,15H,3,5,7-8H2/t10-,12?/m0/s1. The highest BCUT2D eigenvalue weighted by Gasteiger charge is 2.30. The summed E-state index contributed by atoms with van der Waals surface area (Å²) in [6.45, 7) is 1.03. The van der Waals surface area contributed by atoms with Crippen LogP contribution in [0.25, 0.3) is 0 Å².